The highest BCUT2D eigenvalue weighted by molar-refractivity contribution is 4.95. The van der Waals surface area contributed by atoms with E-state index < -0.39 is 12.2 Å². The van der Waals surface area contributed by atoms with Crippen molar-refractivity contribution in [2.45, 2.75) is 37.2 Å². The van der Waals surface area contributed by atoms with E-state index in [9.17, 15) is 15.3 Å². The second-order valence-corrected chi connectivity index (χ2v) is 3.79. The Morgan fingerprint density at radius 1 is 1.00 bits per heavy atom. The number of hydrogen-bond donors (Lipinski definition) is 3. The summed E-state index contributed by atoms with van der Waals surface area (Å²) in [7, 11) is 0. The van der Waals surface area contributed by atoms with Gasteiger partial charge in [0.15, 0.2) is 0 Å². The van der Waals surface area contributed by atoms with Crippen LogP contribution in [0.2, 0.25) is 0 Å². The molecule has 3 N–H and O–H groups in total. The van der Waals surface area contributed by atoms with Crippen LogP contribution in [-0.2, 0) is 0 Å². The summed E-state index contributed by atoms with van der Waals surface area (Å²) in [5, 5.41) is 28.2. The van der Waals surface area contributed by atoms with Gasteiger partial charge in [-0.3, -0.25) is 4.90 Å². The minimum absolute atomic E-state index is 0.0726. The summed E-state index contributed by atoms with van der Waals surface area (Å²) in [5.41, 5.74) is 0. The first kappa shape index (κ1) is 8.44. The van der Waals surface area contributed by atoms with Crippen LogP contribution in [0.4, 0.5) is 0 Å². The highest BCUT2D eigenvalue weighted by Gasteiger charge is 2.40. The minimum Gasteiger partial charge on any atom is -0.391 e. The number of rotatable bonds is 0. The van der Waals surface area contributed by atoms with Crippen LogP contribution in [-0.4, -0.2) is 57.7 Å². The maximum absolute atomic E-state index is 9.49. The molecule has 4 nitrogen and oxygen atoms in total. The highest BCUT2D eigenvalue weighted by Crippen LogP contribution is 2.27. The molecule has 4 atom stereocenters. The van der Waals surface area contributed by atoms with Gasteiger partial charge in [0.05, 0.1) is 18.3 Å². The Bertz CT molecular complexity index is 176. The lowest BCUT2D eigenvalue weighted by molar-refractivity contribution is -0.0643. The molecule has 0 radical (unpaired) electrons. The second kappa shape index (κ2) is 2.96. The van der Waals surface area contributed by atoms with Gasteiger partial charge in [-0.05, 0) is 12.8 Å². The van der Waals surface area contributed by atoms with Crippen molar-refractivity contribution in [1.82, 2.24) is 4.90 Å². The zero-order valence-corrected chi connectivity index (χ0v) is 6.93. The third-order valence-electron chi connectivity index (χ3n) is 2.97. The third kappa shape index (κ3) is 1.25. The fourth-order valence-electron chi connectivity index (χ4n) is 2.20. The molecule has 2 heterocycles. The number of fused-ring (bicyclic) bond motifs is 1. The summed E-state index contributed by atoms with van der Waals surface area (Å²) in [6.45, 7) is 1.35. The first-order valence-corrected chi connectivity index (χ1v) is 4.46. The van der Waals surface area contributed by atoms with E-state index in [4.69, 9.17) is 0 Å². The van der Waals surface area contributed by atoms with Crippen molar-refractivity contribution in [3.8, 4) is 0 Å². The largest absolute Gasteiger partial charge is 0.391 e. The van der Waals surface area contributed by atoms with Gasteiger partial charge in [0, 0.05) is 19.1 Å². The van der Waals surface area contributed by atoms with E-state index in [1.54, 1.807) is 0 Å². The van der Waals surface area contributed by atoms with Gasteiger partial charge in [-0.25, -0.2) is 0 Å². The normalized spacial score (nSPS) is 49.2. The van der Waals surface area contributed by atoms with Crippen molar-refractivity contribution < 1.29 is 15.3 Å². The first-order chi connectivity index (χ1) is 5.68. The number of aliphatic hydroxyl groups excluding tert-OH is 3. The Labute approximate surface area is 71.4 Å². The number of hydrogen-bond acceptors (Lipinski definition) is 4. The van der Waals surface area contributed by atoms with Crippen LogP contribution in [0.25, 0.3) is 0 Å². The van der Waals surface area contributed by atoms with Crippen LogP contribution in [0, 0.1) is 0 Å². The molecular formula is C8H15NO3. The average molecular weight is 173 g/mol. The zero-order chi connectivity index (χ0) is 8.72. The summed E-state index contributed by atoms with van der Waals surface area (Å²) < 4.78 is 0. The maximum Gasteiger partial charge on any atom is 0.0926 e. The van der Waals surface area contributed by atoms with E-state index in [2.05, 4.69) is 4.90 Å². The monoisotopic (exact) mass is 173 g/mol. The van der Waals surface area contributed by atoms with E-state index >= 15 is 0 Å². The molecule has 0 aromatic carbocycles. The molecule has 0 amide bonds. The quantitative estimate of drug-likeness (QED) is 0.419. The van der Waals surface area contributed by atoms with Gasteiger partial charge < -0.3 is 15.3 Å². The smallest absolute Gasteiger partial charge is 0.0926 e. The van der Waals surface area contributed by atoms with Gasteiger partial charge in [0.25, 0.3) is 0 Å². The van der Waals surface area contributed by atoms with E-state index in [-0.39, 0.29) is 12.1 Å². The Hall–Kier alpha value is -0.160. The summed E-state index contributed by atoms with van der Waals surface area (Å²) in [5.74, 6) is 0. The fraction of sp³-hybridized carbons (Fsp3) is 1.00. The van der Waals surface area contributed by atoms with Crippen LogP contribution in [0.3, 0.4) is 0 Å². The van der Waals surface area contributed by atoms with Crippen LogP contribution >= 0.6 is 0 Å². The SMILES string of the molecule is OC1C[C@H]2C(O)CCN2C[C@@H]1O. The summed E-state index contributed by atoms with van der Waals surface area (Å²) in [6, 6.07) is 0.0726. The van der Waals surface area contributed by atoms with Crippen LogP contribution in [0.15, 0.2) is 0 Å². The predicted molar refractivity (Wildman–Crippen MR) is 42.6 cm³/mol. The highest BCUT2D eigenvalue weighted by atomic mass is 16.3. The molecular weight excluding hydrogens is 158 g/mol. The van der Waals surface area contributed by atoms with Crippen molar-refractivity contribution in [1.29, 1.82) is 0 Å². The predicted octanol–water partition coefficient (Wildman–Crippen LogP) is -1.45. The van der Waals surface area contributed by atoms with Crippen molar-refractivity contribution in [3.63, 3.8) is 0 Å². The lowest BCUT2D eigenvalue weighted by Gasteiger charge is -2.36. The molecule has 12 heavy (non-hydrogen) atoms. The Morgan fingerprint density at radius 2 is 1.75 bits per heavy atom. The Morgan fingerprint density at radius 3 is 2.50 bits per heavy atom. The molecule has 2 aliphatic heterocycles. The number of piperidine rings is 1. The lowest BCUT2D eigenvalue weighted by atomic mass is 9.96. The molecule has 0 aromatic heterocycles. The van der Waals surface area contributed by atoms with E-state index in [1.807, 2.05) is 0 Å². The minimum atomic E-state index is -0.654. The molecule has 0 bridgehead atoms. The van der Waals surface area contributed by atoms with Gasteiger partial charge >= 0.3 is 0 Å². The van der Waals surface area contributed by atoms with Crippen molar-refractivity contribution in [3.05, 3.63) is 0 Å². The molecule has 2 saturated heterocycles. The number of nitrogens with zero attached hydrogens (tertiary/aromatic N) is 1. The van der Waals surface area contributed by atoms with Gasteiger partial charge in [0.1, 0.15) is 0 Å². The number of aliphatic hydroxyl groups is 3. The van der Waals surface area contributed by atoms with Gasteiger partial charge in [-0.15, -0.1) is 0 Å². The second-order valence-electron chi connectivity index (χ2n) is 3.79. The standard InChI is InChI=1S/C8H15NO3/c10-6-1-2-9-4-8(12)7(11)3-5(6)9/h5-8,10-12H,1-4H2/t5-,6?,7?,8-/m0/s1. The Balaban J connectivity index is 2.04. The summed E-state index contributed by atoms with van der Waals surface area (Å²) in [6.07, 6.45) is -0.329. The molecule has 2 aliphatic rings. The van der Waals surface area contributed by atoms with Crippen molar-refractivity contribution in [2.24, 2.45) is 0 Å². The summed E-state index contributed by atoms with van der Waals surface area (Å²) in [4.78, 5) is 2.06. The maximum atomic E-state index is 9.49. The van der Waals surface area contributed by atoms with E-state index in [0.29, 0.717) is 13.0 Å². The third-order valence-corrected chi connectivity index (χ3v) is 2.97. The van der Waals surface area contributed by atoms with E-state index in [0.717, 1.165) is 13.0 Å². The molecule has 4 heteroatoms. The fourth-order valence-corrected chi connectivity index (χ4v) is 2.20. The van der Waals surface area contributed by atoms with Crippen LogP contribution in [0.5, 0.6) is 0 Å². The molecule has 70 valence electrons. The average Bonchev–Trinajstić information content (AvgIpc) is 2.35. The van der Waals surface area contributed by atoms with Crippen LogP contribution in [0.1, 0.15) is 12.8 Å². The van der Waals surface area contributed by atoms with Gasteiger partial charge in [-0.1, -0.05) is 0 Å². The zero-order valence-electron chi connectivity index (χ0n) is 6.93. The summed E-state index contributed by atoms with van der Waals surface area (Å²) >= 11 is 0. The molecule has 0 aromatic rings. The molecule has 2 unspecified atom stereocenters. The topological polar surface area (TPSA) is 63.9 Å². The van der Waals surface area contributed by atoms with Gasteiger partial charge in [-0.2, -0.15) is 0 Å². The van der Waals surface area contributed by atoms with Crippen LogP contribution < -0.4 is 0 Å². The lowest BCUT2D eigenvalue weighted by Crippen LogP contribution is -2.51. The first-order valence-electron chi connectivity index (χ1n) is 4.46. The van der Waals surface area contributed by atoms with Gasteiger partial charge in [0.2, 0.25) is 0 Å². The molecule has 0 aliphatic carbocycles. The molecule has 0 spiro atoms. The van der Waals surface area contributed by atoms with Crippen molar-refractivity contribution in [2.75, 3.05) is 13.1 Å². The Kier molecular flexibility index (Phi) is 2.08. The molecule has 0 saturated carbocycles. The molecule has 2 rings (SSSR count). The van der Waals surface area contributed by atoms with E-state index in [1.165, 1.54) is 0 Å². The van der Waals surface area contributed by atoms with Crippen molar-refractivity contribution >= 4 is 0 Å². The molecule has 2 fully saturated rings.